The minimum atomic E-state index is -0.540. The Hall–Kier alpha value is -3.02. The van der Waals surface area contributed by atoms with Crippen LogP contribution in [0, 0.1) is 5.95 Å². The van der Waals surface area contributed by atoms with Crippen molar-refractivity contribution in [1.82, 2.24) is 19.7 Å². The fourth-order valence-corrected chi connectivity index (χ4v) is 2.52. The van der Waals surface area contributed by atoms with Gasteiger partial charge < -0.3 is 5.11 Å². The van der Waals surface area contributed by atoms with Gasteiger partial charge in [-0.1, -0.05) is 0 Å². The van der Waals surface area contributed by atoms with Crippen LogP contribution in [0.3, 0.4) is 0 Å². The van der Waals surface area contributed by atoms with Gasteiger partial charge in [-0.25, -0.2) is 9.97 Å². The van der Waals surface area contributed by atoms with E-state index >= 15 is 0 Å². The summed E-state index contributed by atoms with van der Waals surface area (Å²) in [5, 5.41) is 15.4. The lowest BCUT2D eigenvalue weighted by Crippen LogP contribution is -1.90. The summed E-state index contributed by atoms with van der Waals surface area (Å²) in [4.78, 5) is 8.23. The molecule has 0 saturated heterocycles. The van der Waals surface area contributed by atoms with E-state index in [0.29, 0.717) is 27.8 Å². The highest BCUT2D eigenvalue weighted by molar-refractivity contribution is 5.88. The standard InChI is InChI=1S/C16H11FN4O/c1-21-8-9-6-10(15(22)7-14(9)20-21)11-2-3-13-12(18-11)4-5-16(17)19-13/h2-8,22H,1H3. The molecule has 0 fully saturated rings. The molecule has 3 heterocycles. The van der Waals surface area contributed by atoms with Crippen LogP contribution in [0.15, 0.2) is 42.6 Å². The molecule has 22 heavy (non-hydrogen) atoms. The van der Waals surface area contributed by atoms with Crippen molar-refractivity contribution in [1.29, 1.82) is 0 Å². The average Bonchev–Trinajstić information content (AvgIpc) is 2.85. The number of phenolic OH excluding ortho intramolecular Hbond substituents is 1. The largest absolute Gasteiger partial charge is 0.507 e. The third-order valence-corrected chi connectivity index (χ3v) is 3.52. The molecule has 0 bridgehead atoms. The maximum Gasteiger partial charge on any atom is 0.213 e. The predicted octanol–water partition coefficient (Wildman–Crippen LogP) is 3.03. The minimum absolute atomic E-state index is 0.105. The zero-order valence-corrected chi connectivity index (χ0v) is 11.7. The topological polar surface area (TPSA) is 63.8 Å². The number of aromatic nitrogens is 4. The van der Waals surface area contributed by atoms with Crippen LogP contribution >= 0.6 is 0 Å². The summed E-state index contributed by atoms with van der Waals surface area (Å²) in [5.41, 5.74) is 2.97. The van der Waals surface area contributed by atoms with Gasteiger partial charge >= 0.3 is 0 Å². The molecule has 0 aliphatic rings. The Morgan fingerprint density at radius 3 is 2.64 bits per heavy atom. The Morgan fingerprint density at radius 1 is 1.00 bits per heavy atom. The van der Waals surface area contributed by atoms with Crippen LogP contribution in [0.25, 0.3) is 33.2 Å². The second-order valence-electron chi connectivity index (χ2n) is 5.10. The van der Waals surface area contributed by atoms with Crippen molar-refractivity contribution < 1.29 is 9.50 Å². The van der Waals surface area contributed by atoms with Gasteiger partial charge in [0, 0.05) is 30.3 Å². The summed E-state index contributed by atoms with van der Waals surface area (Å²) in [7, 11) is 1.82. The number of aromatic hydroxyl groups is 1. The van der Waals surface area contributed by atoms with Gasteiger partial charge in [0.25, 0.3) is 0 Å². The summed E-state index contributed by atoms with van der Waals surface area (Å²) in [6.07, 6.45) is 1.87. The lowest BCUT2D eigenvalue weighted by atomic mass is 10.1. The smallest absolute Gasteiger partial charge is 0.213 e. The van der Waals surface area contributed by atoms with Crippen LogP contribution < -0.4 is 0 Å². The van der Waals surface area contributed by atoms with E-state index in [2.05, 4.69) is 15.1 Å². The molecule has 3 aromatic heterocycles. The first-order chi connectivity index (χ1) is 10.6. The first-order valence-electron chi connectivity index (χ1n) is 6.70. The molecule has 0 spiro atoms. The van der Waals surface area contributed by atoms with Crippen molar-refractivity contribution in [2.24, 2.45) is 7.05 Å². The molecule has 108 valence electrons. The van der Waals surface area contributed by atoms with Crippen molar-refractivity contribution in [3.05, 3.63) is 48.5 Å². The molecule has 5 nitrogen and oxygen atoms in total. The van der Waals surface area contributed by atoms with Crippen LogP contribution in [-0.2, 0) is 7.05 Å². The second-order valence-corrected chi connectivity index (χ2v) is 5.10. The number of phenols is 1. The molecule has 4 aromatic rings. The number of fused-ring (bicyclic) bond motifs is 2. The number of halogens is 1. The van der Waals surface area contributed by atoms with E-state index < -0.39 is 5.95 Å². The van der Waals surface area contributed by atoms with Crippen molar-refractivity contribution in [3.8, 4) is 17.0 Å². The zero-order chi connectivity index (χ0) is 15.3. The molecular weight excluding hydrogens is 283 g/mol. The summed E-state index contributed by atoms with van der Waals surface area (Å²) in [6.45, 7) is 0. The lowest BCUT2D eigenvalue weighted by molar-refractivity contribution is 0.478. The molecule has 0 saturated carbocycles. The quantitative estimate of drug-likeness (QED) is 0.548. The lowest BCUT2D eigenvalue weighted by Gasteiger charge is -2.05. The van der Waals surface area contributed by atoms with Gasteiger partial charge in [-0.15, -0.1) is 0 Å². The summed E-state index contributed by atoms with van der Waals surface area (Å²) < 4.78 is 14.8. The summed E-state index contributed by atoms with van der Waals surface area (Å²) in [6, 6.07) is 9.69. The highest BCUT2D eigenvalue weighted by atomic mass is 19.1. The fraction of sp³-hybridized carbons (Fsp3) is 0.0625. The highest BCUT2D eigenvalue weighted by Crippen LogP contribution is 2.32. The van der Waals surface area contributed by atoms with Gasteiger partial charge in [0.2, 0.25) is 5.95 Å². The first kappa shape index (κ1) is 12.7. The summed E-state index contributed by atoms with van der Waals surface area (Å²) in [5.74, 6) is -0.435. The predicted molar refractivity (Wildman–Crippen MR) is 80.9 cm³/mol. The monoisotopic (exact) mass is 294 g/mol. The summed E-state index contributed by atoms with van der Waals surface area (Å²) >= 11 is 0. The van der Waals surface area contributed by atoms with Crippen molar-refractivity contribution in [2.45, 2.75) is 0 Å². The van der Waals surface area contributed by atoms with Crippen molar-refractivity contribution in [3.63, 3.8) is 0 Å². The zero-order valence-electron chi connectivity index (χ0n) is 11.7. The number of aryl methyl sites for hydroxylation is 1. The van der Waals surface area contributed by atoms with E-state index in [4.69, 9.17) is 0 Å². The number of benzene rings is 1. The molecule has 0 radical (unpaired) electrons. The van der Waals surface area contributed by atoms with E-state index in [1.807, 2.05) is 19.3 Å². The SMILES string of the molecule is Cn1cc2cc(-c3ccc4nc(F)ccc4n3)c(O)cc2n1. The average molecular weight is 294 g/mol. The maximum absolute atomic E-state index is 13.1. The van der Waals surface area contributed by atoms with Crippen molar-refractivity contribution in [2.75, 3.05) is 0 Å². The van der Waals surface area contributed by atoms with E-state index in [0.717, 1.165) is 5.39 Å². The Morgan fingerprint density at radius 2 is 1.77 bits per heavy atom. The molecule has 6 heteroatoms. The Kier molecular flexibility index (Phi) is 2.59. The van der Waals surface area contributed by atoms with E-state index in [1.165, 1.54) is 6.07 Å². The number of pyridine rings is 2. The van der Waals surface area contributed by atoms with Gasteiger partial charge in [0.1, 0.15) is 5.75 Å². The first-order valence-corrected chi connectivity index (χ1v) is 6.70. The van der Waals surface area contributed by atoms with Gasteiger partial charge in [0.15, 0.2) is 0 Å². The Balaban J connectivity index is 1.93. The van der Waals surface area contributed by atoms with Gasteiger partial charge in [-0.2, -0.15) is 9.49 Å². The second kappa shape index (κ2) is 4.49. The number of hydrogen-bond acceptors (Lipinski definition) is 4. The molecule has 0 atom stereocenters. The van der Waals surface area contributed by atoms with Crippen LogP contribution in [0.1, 0.15) is 0 Å². The van der Waals surface area contributed by atoms with E-state index in [9.17, 15) is 9.50 Å². The van der Waals surface area contributed by atoms with Crippen LogP contribution in [0.2, 0.25) is 0 Å². The molecule has 1 N–H and O–H groups in total. The minimum Gasteiger partial charge on any atom is -0.507 e. The fourth-order valence-electron chi connectivity index (χ4n) is 2.52. The normalized spacial score (nSPS) is 11.4. The molecule has 4 rings (SSSR count). The third-order valence-electron chi connectivity index (χ3n) is 3.52. The number of hydrogen-bond donors (Lipinski definition) is 1. The Labute approximate surface area is 124 Å². The van der Waals surface area contributed by atoms with Gasteiger partial charge in [0.05, 0.1) is 22.2 Å². The van der Waals surface area contributed by atoms with Crippen LogP contribution in [0.4, 0.5) is 4.39 Å². The van der Waals surface area contributed by atoms with Crippen molar-refractivity contribution >= 4 is 21.9 Å². The molecular formula is C16H11FN4O. The molecule has 0 unspecified atom stereocenters. The van der Waals surface area contributed by atoms with E-state index in [-0.39, 0.29) is 5.75 Å². The Bertz CT molecular complexity index is 1030. The highest BCUT2D eigenvalue weighted by Gasteiger charge is 2.11. The molecule has 0 aliphatic heterocycles. The number of rotatable bonds is 1. The van der Waals surface area contributed by atoms with Crippen LogP contribution in [-0.4, -0.2) is 24.9 Å². The third kappa shape index (κ3) is 1.96. The molecule has 1 aromatic carbocycles. The maximum atomic E-state index is 13.1. The number of nitrogens with zero attached hydrogens (tertiary/aromatic N) is 4. The molecule has 0 aliphatic carbocycles. The van der Waals surface area contributed by atoms with Crippen LogP contribution in [0.5, 0.6) is 5.75 Å². The van der Waals surface area contributed by atoms with Gasteiger partial charge in [-0.05, 0) is 30.3 Å². The molecule has 0 amide bonds. The van der Waals surface area contributed by atoms with E-state index in [1.54, 1.807) is 28.9 Å². The van der Waals surface area contributed by atoms with Gasteiger partial charge in [-0.3, -0.25) is 4.68 Å².